The molecule has 276 valence electrons. The van der Waals surface area contributed by atoms with E-state index in [1.54, 1.807) is 51.2 Å². The lowest BCUT2D eigenvalue weighted by Crippen LogP contribution is -2.58. The van der Waals surface area contributed by atoms with Crippen molar-refractivity contribution < 1.29 is 43.0 Å². The van der Waals surface area contributed by atoms with Gasteiger partial charge in [-0.05, 0) is 63.3 Å². The van der Waals surface area contributed by atoms with E-state index < -0.39 is 71.9 Å². The molecule has 0 fully saturated rings. The van der Waals surface area contributed by atoms with E-state index >= 15 is 0 Å². The zero-order chi connectivity index (χ0) is 37.6. The highest BCUT2D eigenvalue weighted by Crippen LogP contribution is 2.20. The van der Waals surface area contributed by atoms with E-state index in [1.807, 2.05) is 36.6 Å². The molecule has 4 unspecified atom stereocenters. The molecule has 3 aromatic rings. The summed E-state index contributed by atoms with van der Waals surface area (Å²) in [4.78, 5) is 81.8. The average molecular weight is 726 g/mol. The number of ether oxygens (including phenoxy) is 3. The van der Waals surface area contributed by atoms with Crippen LogP contribution >= 0.6 is 11.8 Å². The number of thioether (sulfide) groups is 1. The fourth-order valence-electron chi connectivity index (χ4n) is 4.92. The standard InChI is InChI=1S/C36H47N5O9S/c1-22(38-35(47)50-36(2,3)4)31(43)39-27(16-17-51-6)32(44)40-28(19-30(42)49-21-23-12-8-7-9-13-23)33(45)41-29(34(46)48-5)18-24-20-37-26-15-11-10-14-25(24)26/h7-15,20,22,27-29,37H,16-19,21H2,1-6H3,(H,38,47)(H,39,43)(H,40,44)(H,41,45). The van der Waals surface area contributed by atoms with E-state index in [0.29, 0.717) is 11.3 Å². The SMILES string of the molecule is COC(=O)C(Cc1c[nH]c2ccccc12)NC(=O)C(CC(=O)OCc1ccccc1)NC(=O)C(CCSC)NC(=O)C(C)NC(=O)OC(C)(C)C. The van der Waals surface area contributed by atoms with Crippen LogP contribution in [-0.2, 0) is 51.2 Å². The second kappa shape index (κ2) is 19.4. The molecule has 0 aliphatic rings. The number of aromatic nitrogens is 1. The van der Waals surface area contributed by atoms with Gasteiger partial charge in [-0.25, -0.2) is 9.59 Å². The average Bonchev–Trinajstić information content (AvgIpc) is 3.50. The maximum atomic E-state index is 13.8. The number of aromatic amines is 1. The summed E-state index contributed by atoms with van der Waals surface area (Å²) in [7, 11) is 1.19. The zero-order valence-electron chi connectivity index (χ0n) is 29.7. The third-order valence-electron chi connectivity index (χ3n) is 7.52. The van der Waals surface area contributed by atoms with Crippen molar-refractivity contribution in [2.24, 2.45) is 0 Å². The normalized spacial score (nSPS) is 13.5. The van der Waals surface area contributed by atoms with Gasteiger partial charge in [0.05, 0.1) is 13.5 Å². The molecule has 0 aliphatic heterocycles. The van der Waals surface area contributed by atoms with Crippen LogP contribution in [0.25, 0.3) is 10.9 Å². The second-order valence-corrected chi connectivity index (χ2v) is 13.8. The van der Waals surface area contributed by atoms with Gasteiger partial charge >= 0.3 is 18.0 Å². The fourth-order valence-corrected chi connectivity index (χ4v) is 5.40. The minimum atomic E-state index is -1.50. The molecular weight excluding hydrogens is 678 g/mol. The molecule has 2 aromatic carbocycles. The molecule has 0 saturated carbocycles. The molecule has 3 rings (SSSR count). The number of alkyl carbamates (subject to hydrolysis) is 1. The van der Waals surface area contributed by atoms with E-state index in [0.717, 1.165) is 16.5 Å². The number of benzene rings is 2. The Morgan fingerprint density at radius 1 is 0.824 bits per heavy atom. The maximum absolute atomic E-state index is 13.8. The summed E-state index contributed by atoms with van der Waals surface area (Å²) < 4.78 is 15.6. The summed E-state index contributed by atoms with van der Waals surface area (Å²) in [6.45, 7) is 6.41. The van der Waals surface area contributed by atoms with E-state index in [2.05, 4.69) is 26.3 Å². The number of para-hydroxylation sites is 1. The lowest BCUT2D eigenvalue weighted by molar-refractivity contribution is -0.148. The monoisotopic (exact) mass is 725 g/mol. The number of carbonyl (C=O) groups excluding carboxylic acids is 6. The van der Waals surface area contributed by atoms with Crippen molar-refractivity contribution in [3.05, 3.63) is 71.9 Å². The summed E-state index contributed by atoms with van der Waals surface area (Å²) in [5, 5.41) is 11.1. The second-order valence-electron chi connectivity index (χ2n) is 12.8. The lowest BCUT2D eigenvalue weighted by Gasteiger charge is -2.26. The molecule has 0 saturated heterocycles. The molecular formula is C36H47N5O9S. The number of amides is 4. The van der Waals surface area contributed by atoms with Crippen molar-refractivity contribution in [3.63, 3.8) is 0 Å². The molecule has 51 heavy (non-hydrogen) atoms. The van der Waals surface area contributed by atoms with Gasteiger partial charge in [0.15, 0.2) is 0 Å². The molecule has 0 bridgehead atoms. The minimum absolute atomic E-state index is 0.0521. The Morgan fingerprint density at radius 3 is 2.12 bits per heavy atom. The molecule has 1 aromatic heterocycles. The number of rotatable bonds is 17. The van der Waals surface area contributed by atoms with Gasteiger partial charge in [0.1, 0.15) is 36.4 Å². The lowest BCUT2D eigenvalue weighted by atomic mass is 10.0. The fraction of sp³-hybridized carbons (Fsp3) is 0.444. The highest BCUT2D eigenvalue weighted by Gasteiger charge is 2.33. The van der Waals surface area contributed by atoms with Crippen LogP contribution in [0.2, 0.25) is 0 Å². The predicted molar refractivity (Wildman–Crippen MR) is 192 cm³/mol. The van der Waals surface area contributed by atoms with Crippen LogP contribution in [0, 0.1) is 0 Å². The molecule has 4 atom stereocenters. The number of fused-ring (bicyclic) bond motifs is 1. The van der Waals surface area contributed by atoms with Gasteiger partial charge < -0.3 is 40.5 Å². The summed E-state index contributed by atoms with van der Waals surface area (Å²) >= 11 is 1.43. The van der Waals surface area contributed by atoms with Gasteiger partial charge in [-0.2, -0.15) is 11.8 Å². The Hall–Kier alpha value is -5.05. The van der Waals surface area contributed by atoms with Gasteiger partial charge in [-0.1, -0.05) is 48.5 Å². The van der Waals surface area contributed by atoms with E-state index in [1.165, 1.54) is 25.8 Å². The first-order chi connectivity index (χ1) is 24.2. The van der Waals surface area contributed by atoms with Crippen LogP contribution in [-0.4, -0.2) is 89.6 Å². The quantitative estimate of drug-likeness (QED) is 0.102. The van der Waals surface area contributed by atoms with Crippen molar-refractivity contribution in [2.45, 2.75) is 83.3 Å². The van der Waals surface area contributed by atoms with Crippen molar-refractivity contribution in [2.75, 3.05) is 19.1 Å². The van der Waals surface area contributed by atoms with E-state index in [-0.39, 0.29) is 19.4 Å². The summed E-state index contributed by atoms with van der Waals surface area (Å²) in [5.74, 6) is -3.34. The highest BCUT2D eigenvalue weighted by molar-refractivity contribution is 7.98. The topological polar surface area (TPSA) is 194 Å². The Bertz CT molecular complexity index is 1660. The van der Waals surface area contributed by atoms with Gasteiger partial charge in [0.2, 0.25) is 17.7 Å². The van der Waals surface area contributed by atoms with E-state index in [4.69, 9.17) is 14.2 Å². The molecule has 4 amide bonds. The molecule has 0 radical (unpaired) electrons. The first-order valence-electron chi connectivity index (χ1n) is 16.4. The van der Waals surface area contributed by atoms with Gasteiger partial charge in [0.25, 0.3) is 0 Å². The molecule has 0 aliphatic carbocycles. The maximum Gasteiger partial charge on any atom is 0.408 e. The number of esters is 2. The van der Waals surface area contributed by atoms with Crippen LogP contribution < -0.4 is 21.3 Å². The Balaban J connectivity index is 1.81. The van der Waals surface area contributed by atoms with Crippen molar-refractivity contribution in [1.82, 2.24) is 26.3 Å². The predicted octanol–water partition coefficient (Wildman–Crippen LogP) is 3.14. The van der Waals surface area contributed by atoms with Crippen LogP contribution in [0.15, 0.2) is 60.8 Å². The van der Waals surface area contributed by atoms with Crippen LogP contribution in [0.3, 0.4) is 0 Å². The third-order valence-corrected chi connectivity index (χ3v) is 8.16. The summed E-state index contributed by atoms with van der Waals surface area (Å²) in [5.41, 5.74) is 1.50. The van der Waals surface area contributed by atoms with Crippen LogP contribution in [0.1, 0.15) is 51.7 Å². The van der Waals surface area contributed by atoms with Crippen molar-refractivity contribution in [1.29, 1.82) is 0 Å². The molecule has 5 N–H and O–H groups in total. The summed E-state index contributed by atoms with van der Waals surface area (Å²) in [6.07, 6.45) is 2.37. The number of nitrogens with one attached hydrogen (secondary N) is 5. The van der Waals surface area contributed by atoms with Gasteiger partial charge in [-0.3, -0.25) is 19.2 Å². The third kappa shape index (κ3) is 13.3. The number of methoxy groups -OCH3 is 1. The Morgan fingerprint density at radius 2 is 1.45 bits per heavy atom. The summed E-state index contributed by atoms with van der Waals surface area (Å²) in [6, 6.07) is 11.5. The van der Waals surface area contributed by atoms with Crippen molar-refractivity contribution >= 4 is 58.4 Å². The first kappa shape index (κ1) is 40.4. The largest absolute Gasteiger partial charge is 0.467 e. The van der Waals surface area contributed by atoms with Gasteiger partial charge in [-0.15, -0.1) is 0 Å². The molecule has 14 nitrogen and oxygen atoms in total. The smallest absolute Gasteiger partial charge is 0.408 e. The molecule has 15 heteroatoms. The number of H-pyrrole nitrogens is 1. The van der Waals surface area contributed by atoms with Crippen LogP contribution in [0.5, 0.6) is 0 Å². The van der Waals surface area contributed by atoms with Crippen molar-refractivity contribution in [3.8, 4) is 0 Å². The van der Waals surface area contributed by atoms with E-state index in [9.17, 15) is 28.8 Å². The Kier molecular flexibility index (Phi) is 15.3. The zero-order valence-corrected chi connectivity index (χ0v) is 30.5. The first-order valence-corrected chi connectivity index (χ1v) is 17.8. The number of hydrogen-bond donors (Lipinski definition) is 5. The number of carbonyl (C=O) groups is 6. The van der Waals surface area contributed by atoms with Crippen LogP contribution in [0.4, 0.5) is 4.79 Å². The van der Waals surface area contributed by atoms with Gasteiger partial charge in [0, 0.05) is 23.5 Å². The molecule has 1 heterocycles. The Labute approximate surface area is 301 Å². The highest BCUT2D eigenvalue weighted by atomic mass is 32.2. The number of hydrogen-bond acceptors (Lipinski definition) is 10. The minimum Gasteiger partial charge on any atom is -0.467 e. The molecule has 0 spiro atoms.